The number of nitrogens with one attached hydrogen (secondary N) is 1. The van der Waals surface area contributed by atoms with Gasteiger partial charge in [0.1, 0.15) is 6.07 Å². The number of fused-ring (bicyclic) bond motifs is 2. The van der Waals surface area contributed by atoms with Crippen LogP contribution in [0.1, 0.15) is 28.8 Å². The molecule has 1 aliphatic heterocycles. The van der Waals surface area contributed by atoms with Gasteiger partial charge in [0.25, 0.3) is 0 Å². The molecule has 2 nitrogen and oxygen atoms in total. The molecular formula is C11H12N2S. The predicted octanol–water partition coefficient (Wildman–Crippen LogP) is 1.80. The van der Waals surface area contributed by atoms with E-state index < -0.39 is 0 Å². The lowest BCUT2D eigenvalue weighted by atomic mass is 9.67. The topological polar surface area (TPSA) is 35.8 Å². The summed E-state index contributed by atoms with van der Waals surface area (Å²) >= 11 is 1.78. The van der Waals surface area contributed by atoms with Crippen LogP contribution in [0.5, 0.6) is 0 Å². The van der Waals surface area contributed by atoms with Crippen molar-refractivity contribution in [2.24, 2.45) is 0 Å². The lowest BCUT2D eigenvalue weighted by Gasteiger charge is -2.46. The fraction of sp³-hybridized carbons (Fsp3) is 0.545. The van der Waals surface area contributed by atoms with Crippen molar-refractivity contribution in [1.82, 2.24) is 5.32 Å². The van der Waals surface area contributed by atoms with E-state index in [0.717, 1.165) is 18.7 Å². The molecule has 1 spiro atoms. The highest BCUT2D eigenvalue weighted by Crippen LogP contribution is 2.44. The first kappa shape index (κ1) is 8.46. The molecule has 0 aromatic carbocycles. The van der Waals surface area contributed by atoms with Gasteiger partial charge in [-0.05, 0) is 24.8 Å². The molecule has 1 N–H and O–H groups in total. The highest BCUT2D eigenvalue weighted by Gasteiger charge is 2.44. The standard InChI is InChI=1S/C11H12N2S/c12-4-8-5-14-9-2-1-3-11(10(8)9)6-13-7-11/h5,13H,1-3,6-7H2. The normalized spacial score (nSPS) is 22.5. The molecule has 2 heterocycles. The molecule has 1 saturated heterocycles. The van der Waals surface area contributed by atoms with Crippen molar-refractivity contribution in [2.75, 3.05) is 13.1 Å². The second-order valence-corrected chi connectivity index (χ2v) is 5.26. The smallest absolute Gasteiger partial charge is 0.100 e. The molecule has 1 aromatic heterocycles. The van der Waals surface area contributed by atoms with E-state index in [1.165, 1.54) is 29.7 Å². The van der Waals surface area contributed by atoms with Gasteiger partial charge in [-0.15, -0.1) is 11.3 Å². The summed E-state index contributed by atoms with van der Waals surface area (Å²) in [5, 5.41) is 14.5. The van der Waals surface area contributed by atoms with Crippen LogP contribution in [0.4, 0.5) is 0 Å². The minimum absolute atomic E-state index is 0.332. The molecule has 72 valence electrons. The minimum atomic E-state index is 0.332. The van der Waals surface area contributed by atoms with E-state index in [4.69, 9.17) is 5.26 Å². The molecule has 0 amide bonds. The predicted molar refractivity (Wildman–Crippen MR) is 56.5 cm³/mol. The fourth-order valence-electron chi connectivity index (χ4n) is 2.74. The molecule has 0 bridgehead atoms. The summed E-state index contributed by atoms with van der Waals surface area (Å²) < 4.78 is 0. The molecule has 1 fully saturated rings. The summed E-state index contributed by atoms with van der Waals surface area (Å²) in [4.78, 5) is 1.47. The van der Waals surface area contributed by atoms with E-state index in [9.17, 15) is 0 Å². The fourth-order valence-corrected chi connectivity index (χ4v) is 3.88. The van der Waals surface area contributed by atoms with Crippen LogP contribution in [-0.2, 0) is 11.8 Å². The van der Waals surface area contributed by atoms with E-state index in [0.29, 0.717) is 5.41 Å². The molecule has 0 radical (unpaired) electrons. The van der Waals surface area contributed by atoms with Gasteiger partial charge in [-0.2, -0.15) is 5.26 Å². The number of nitrogens with zero attached hydrogens (tertiary/aromatic N) is 1. The molecule has 1 aromatic rings. The summed E-state index contributed by atoms with van der Waals surface area (Å²) in [5.41, 5.74) is 2.65. The van der Waals surface area contributed by atoms with Crippen LogP contribution >= 0.6 is 11.3 Å². The summed E-state index contributed by atoms with van der Waals surface area (Å²) in [6.45, 7) is 2.15. The van der Waals surface area contributed by atoms with Gasteiger partial charge in [-0.25, -0.2) is 0 Å². The molecule has 1 aliphatic carbocycles. The van der Waals surface area contributed by atoms with Gasteiger partial charge in [0.05, 0.1) is 5.56 Å². The summed E-state index contributed by atoms with van der Waals surface area (Å²) in [5.74, 6) is 0. The average Bonchev–Trinajstić information content (AvgIpc) is 2.58. The zero-order chi connectivity index (χ0) is 9.60. The summed E-state index contributed by atoms with van der Waals surface area (Å²) in [6.07, 6.45) is 3.74. The Labute approximate surface area is 87.6 Å². The molecule has 14 heavy (non-hydrogen) atoms. The lowest BCUT2D eigenvalue weighted by Crippen LogP contribution is -2.58. The number of aryl methyl sites for hydroxylation is 1. The lowest BCUT2D eigenvalue weighted by molar-refractivity contribution is 0.241. The number of rotatable bonds is 0. The van der Waals surface area contributed by atoms with Crippen molar-refractivity contribution in [3.05, 3.63) is 21.4 Å². The van der Waals surface area contributed by atoms with Crippen molar-refractivity contribution in [1.29, 1.82) is 5.26 Å². The van der Waals surface area contributed by atoms with E-state index in [-0.39, 0.29) is 0 Å². The van der Waals surface area contributed by atoms with Crippen molar-refractivity contribution in [3.8, 4) is 6.07 Å². The van der Waals surface area contributed by atoms with Crippen LogP contribution in [-0.4, -0.2) is 13.1 Å². The van der Waals surface area contributed by atoms with E-state index in [2.05, 4.69) is 11.4 Å². The molecule has 2 aliphatic rings. The summed E-state index contributed by atoms with van der Waals surface area (Å²) in [7, 11) is 0. The van der Waals surface area contributed by atoms with Crippen molar-refractivity contribution < 1.29 is 0 Å². The van der Waals surface area contributed by atoms with Crippen LogP contribution in [0, 0.1) is 11.3 Å². The van der Waals surface area contributed by atoms with E-state index in [1.54, 1.807) is 11.3 Å². The first-order valence-electron chi connectivity index (χ1n) is 5.07. The molecular weight excluding hydrogens is 192 g/mol. The number of nitriles is 1. The third-order valence-corrected chi connectivity index (χ3v) is 4.55. The third kappa shape index (κ3) is 0.930. The van der Waals surface area contributed by atoms with Gasteiger partial charge in [0.2, 0.25) is 0 Å². The third-order valence-electron chi connectivity index (χ3n) is 3.50. The number of hydrogen-bond acceptors (Lipinski definition) is 3. The quantitative estimate of drug-likeness (QED) is 0.699. The zero-order valence-electron chi connectivity index (χ0n) is 7.97. The van der Waals surface area contributed by atoms with Gasteiger partial charge in [0, 0.05) is 28.8 Å². The van der Waals surface area contributed by atoms with Gasteiger partial charge in [-0.3, -0.25) is 0 Å². The van der Waals surface area contributed by atoms with Gasteiger partial charge in [0.15, 0.2) is 0 Å². The second kappa shape index (κ2) is 2.82. The maximum Gasteiger partial charge on any atom is 0.100 e. The first-order valence-corrected chi connectivity index (χ1v) is 5.95. The van der Waals surface area contributed by atoms with Crippen LogP contribution in [0.2, 0.25) is 0 Å². The SMILES string of the molecule is N#Cc1csc2c1C1(CCC2)CNC1. The monoisotopic (exact) mass is 204 g/mol. The maximum atomic E-state index is 9.07. The number of thiophene rings is 1. The second-order valence-electron chi connectivity index (χ2n) is 4.30. The van der Waals surface area contributed by atoms with E-state index >= 15 is 0 Å². The highest BCUT2D eigenvalue weighted by molar-refractivity contribution is 7.10. The minimum Gasteiger partial charge on any atom is -0.315 e. The molecule has 3 heteroatoms. The largest absolute Gasteiger partial charge is 0.315 e. The van der Waals surface area contributed by atoms with Crippen LogP contribution in [0.15, 0.2) is 5.38 Å². The zero-order valence-corrected chi connectivity index (χ0v) is 8.78. The highest BCUT2D eigenvalue weighted by atomic mass is 32.1. The summed E-state index contributed by atoms with van der Waals surface area (Å²) in [6, 6.07) is 2.34. The van der Waals surface area contributed by atoms with Gasteiger partial charge in [-0.1, -0.05) is 0 Å². The van der Waals surface area contributed by atoms with Gasteiger partial charge >= 0.3 is 0 Å². The maximum absolute atomic E-state index is 9.07. The van der Waals surface area contributed by atoms with E-state index in [1.807, 2.05) is 5.38 Å². The van der Waals surface area contributed by atoms with Crippen molar-refractivity contribution in [3.63, 3.8) is 0 Å². The Morgan fingerprint density at radius 1 is 1.50 bits per heavy atom. The Hall–Kier alpha value is -0.850. The Balaban J connectivity index is 2.17. The average molecular weight is 204 g/mol. The molecule has 0 saturated carbocycles. The number of hydrogen-bond donors (Lipinski definition) is 1. The van der Waals surface area contributed by atoms with Crippen molar-refractivity contribution in [2.45, 2.75) is 24.7 Å². The van der Waals surface area contributed by atoms with Crippen LogP contribution in [0.3, 0.4) is 0 Å². The first-order chi connectivity index (χ1) is 6.86. The Bertz CT molecular complexity index is 409. The molecule has 0 unspecified atom stereocenters. The molecule has 3 rings (SSSR count). The Morgan fingerprint density at radius 2 is 2.36 bits per heavy atom. The van der Waals surface area contributed by atoms with Gasteiger partial charge < -0.3 is 5.32 Å². The van der Waals surface area contributed by atoms with Crippen molar-refractivity contribution >= 4 is 11.3 Å². The van der Waals surface area contributed by atoms with Crippen LogP contribution < -0.4 is 5.32 Å². The molecule has 0 atom stereocenters. The Morgan fingerprint density at radius 3 is 3.00 bits per heavy atom. The Kier molecular flexibility index (Phi) is 1.70. The van der Waals surface area contributed by atoms with Crippen LogP contribution in [0.25, 0.3) is 0 Å².